The topological polar surface area (TPSA) is 18.5 Å². The second-order valence-electron chi connectivity index (χ2n) is 4.26. The normalized spacial score (nSPS) is 11.8. The zero-order chi connectivity index (χ0) is 13.5. The van der Waals surface area contributed by atoms with Crippen LogP contribution in [0.1, 0.15) is 18.1 Å². The Kier molecular flexibility index (Phi) is 4.76. The maximum absolute atomic E-state index is 5.71. The van der Waals surface area contributed by atoms with Crippen molar-refractivity contribution in [3.63, 3.8) is 0 Å². The Morgan fingerprint density at radius 1 is 1.11 bits per heavy atom. The number of ether oxygens (including phenoxy) is 2. The molecule has 1 atom stereocenters. The molecule has 0 saturated carbocycles. The van der Waals surface area contributed by atoms with E-state index in [1.165, 1.54) is 0 Å². The van der Waals surface area contributed by atoms with E-state index in [-0.39, 0.29) is 6.29 Å². The van der Waals surface area contributed by atoms with Crippen molar-refractivity contribution >= 4 is 6.08 Å². The fraction of sp³-hybridized carbons (Fsp3) is 0.176. The lowest BCUT2D eigenvalue weighted by atomic mass is 10.2. The summed E-state index contributed by atoms with van der Waals surface area (Å²) in [4.78, 5) is 0. The smallest absolute Gasteiger partial charge is 0.197 e. The molecule has 2 nitrogen and oxygen atoms in total. The number of benzene rings is 2. The fourth-order valence-corrected chi connectivity index (χ4v) is 1.73. The minimum absolute atomic E-state index is 0.291. The molecular weight excluding hydrogens is 236 g/mol. The molecule has 2 rings (SSSR count). The Balaban J connectivity index is 1.87. The molecular formula is C17H18O2. The van der Waals surface area contributed by atoms with Gasteiger partial charge in [-0.2, -0.15) is 0 Å². The van der Waals surface area contributed by atoms with Crippen LogP contribution >= 0.6 is 0 Å². The van der Waals surface area contributed by atoms with E-state index in [1.54, 1.807) is 6.08 Å². The Morgan fingerprint density at radius 3 is 2.63 bits per heavy atom. The van der Waals surface area contributed by atoms with Gasteiger partial charge in [0.25, 0.3) is 0 Å². The molecule has 2 aromatic rings. The molecule has 0 heterocycles. The second kappa shape index (κ2) is 6.76. The van der Waals surface area contributed by atoms with Gasteiger partial charge in [-0.1, -0.05) is 55.1 Å². The van der Waals surface area contributed by atoms with Crippen LogP contribution < -0.4 is 4.74 Å². The van der Waals surface area contributed by atoms with Crippen LogP contribution in [0.2, 0.25) is 0 Å². The molecule has 0 amide bonds. The van der Waals surface area contributed by atoms with Crippen molar-refractivity contribution in [3.8, 4) is 5.75 Å². The fourth-order valence-electron chi connectivity index (χ4n) is 1.73. The minimum Gasteiger partial charge on any atom is -0.465 e. The highest BCUT2D eigenvalue weighted by molar-refractivity contribution is 5.49. The van der Waals surface area contributed by atoms with Gasteiger partial charge in [0.1, 0.15) is 5.75 Å². The largest absolute Gasteiger partial charge is 0.465 e. The molecule has 0 radical (unpaired) electrons. The molecule has 2 aromatic carbocycles. The highest BCUT2D eigenvalue weighted by Gasteiger charge is 2.04. The summed E-state index contributed by atoms with van der Waals surface area (Å²) in [5, 5.41) is 0. The molecule has 1 unspecified atom stereocenters. The quantitative estimate of drug-likeness (QED) is 0.717. The van der Waals surface area contributed by atoms with Crippen molar-refractivity contribution in [1.29, 1.82) is 0 Å². The third-order valence-electron chi connectivity index (χ3n) is 2.72. The van der Waals surface area contributed by atoms with Crippen molar-refractivity contribution < 1.29 is 9.47 Å². The first kappa shape index (κ1) is 13.4. The summed E-state index contributed by atoms with van der Waals surface area (Å²) >= 11 is 0. The van der Waals surface area contributed by atoms with Crippen LogP contribution in [0.3, 0.4) is 0 Å². The van der Waals surface area contributed by atoms with Crippen LogP contribution in [-0.2, 0) is 11.3 Å². The molecule has 19 heavy (non-hydrogen) atoms. The Hall–Kier alpha value is -2.06. The van der Waals surface area contributed by atoms with Gasteiger partial charge < -0.3 is 9.47 Å². The first-order valence-corrected chi connectivity index (χ1v) is 6.32. The molecule has 0 fully saturated rings. The van der Waals surface area contributed by atoms with Crippen molar-refractivity contribution in [3.05, 3.63) is 72.3 Å². The molecule has 0 spiro atoms. The third-order valence-corrected chi connectivity index (χ3v) is 2.72. The van der Waals surface area contributed by atoms with E-state index in [0.29, 0.717) is 6.61 Å². The Morgan fingerprint density at radius 2 is 1.89 bits per heavy atom. The van der Waals surface area contributed by atoms with E-state index < -0.39 is 0 Å². The average molecular weight is 254 g/mol. The van der Waals surface area contributed by atoms with Crippen LogP contribution in [0, 0.1) is 0 Å². The molecule has 2 heteroatoms. The summed E-state index contributed by atoms with van der Waals surface area (Å²) in [6.07, 6.45) is 1.50. The van der Waals surface area contributed by atoms with Crippen LogP contribution in [0.4, 0.5) is 0 Å². The van der Waals surface area contributed by atoms with E-state index >= 15 is 0 Å². The monoisotopic (exact) mass is 254 g/mol. The molecule has 0 aromatic heterocycles. The van der Waals surface area contributed by atoms with Gasteiger partial charge >= 0.3 is 0 Å². The molecule has 0 aliphatic heterocycles. The van der Waals surface area contributed by atoms with Gasteiger partial charge in [0, 0.05) is 0 Å². The molecule has 0 aliphatic carbocycles. The van der Waals surface area contributed by atoms with Crippen LogP contribution in [0.15, 0.2) is 61.2 Å². The predicted molar refractivity (Wildman–Crippen MR) is 77.9 cm³/mol. The van der Waals surface area contributed by atoms with Gasteiger partial charge in [-0.3, -0.25) is 0 Å². The highest BCUT2D eigenvalue weighted by atomic mass is 16.7. The summed E-state index contributed by atoms with van der Waals surface area (Å²) in [5.74, 6) is 0.790. The summed E-state index contributed by atoms with van der Waals surface area (Å²) in [5.41, 5.74) is 2.17. The predicted octanol–water partition coefficient (Wildman–Crippen LogP) is 4.27. The van der Waals surface area contributed by atoms with E-state index in [9.17, 15) is 0 Å². The van der Waals surface area contributed by atoms with Crippen molar-refractivity contribution in [1.82, 2.24) is 0 Å². The van der Waals surface area contributed by atoms with E-state index in [0.717, 1.165) is 16.9 Å². The highest BCUT2D eigenvalue weighted by Crippen LogP contribution is 2.16. The first-order chi connectivity index (χ1) is 9.28. The number of rotatable bonds is 6. The van der Waals surface area contributed by atoms with Crippen LogP contribution in [0.25, 0.3) is 6.08 Å². The molecule has 0 saturated heterocycles. The number of hydrogen-bond donors (Lipinski definition) is 0. The van der Waals surface area contributed by atoms with Gasteiger partial charge in [-0.05, 0) is 30.2 Å². The van der Waals surface area contributed by atoms with Crippen molar-refractivity contribution in [2.45, 2.75) is 19.8 Å². The van der Waals surface area contributed by atoms with Crippen molar-refractivity contribution in [2.75, 3.05) is 0 Å². The zero-order valence-electron chi connectivity index (χ0n) is 11.1. The van der Waals surface area contributed by atoms with Gasteiger partial charge in [0.05, 0.1) is 6.61 Å². The summed E-state index contributed by atoms with van der Waals surface area (Å²) < 4.78 is 11.4. The van der Waals surface area contributed by atoms with E-state index in [2.05, 4.69) is 6.58 Å². The lowest BCUT2D eigenvalue weighted by molar-refractivity contribution is -0.0759. The van der Waals surface area contributed by atoms with Crippen LogP contribution in [0.5, 0.6) is 5.75 Å². The molecule has 98 valence electrons. The summed E-state index contributed by atoms with van der Waals surface area (Å²) in [6.45, 7) is 6.18. The molecule has 0 aliphatic rings. The van der Waals surface area contributed by atoms with Crippen LogP contribution in [-0.4, -0.2) is 6.29 Å². The Bertz CT molecular complexity index is 520. The average Bonchev–Trinajstić information content (AvgIpc) is 2.46. The minimum atomic E-state index is -0.291. The SMILES string of the molecule is C=Cc1cccc(OC(C)OCc2ccccc2)c1. The number of hydrogen-bond acceptors (Lipinski definition) is 2. The standard InChI is InChI=1S/C17H18O2/c1-3-15-10-7-11-17(12-15)19-14(2)18-13-16-8-5-4-6-9-16/h3-12,14H,1,13H2,2H3. The molecule has 0 bridgehead atoms. The Labute approximate surface area is 114 Å². The zero-order valence-corrected chi connectivity index (χ0v) is 11.1. The lowest BCUT2D eigenvalue weighted by Crippen LogP contribution is -2.16. The second-order valence-corrected chi connectivity index (χ2v) is 4.26. The van der Waals surface area contributed by atoms with Gasteiger partial charge in [-0.25, -0.2) is 0 Å². The molecule has 0 N–H and O–H groups in total. The van der Waals surface area contributed by atoms with E-state index in [4.69, 9.17) is 9.47 Å². The van der Waals surface area contributed by atoms with Gasteiger partial charge in [0.2, 0.25) is 0 Å². The van der Waals surface area contributed by atoms with Gasteiger partial charge in [0.15, 0.2) is 6.29 Å². The van der Waals surface area contributed by atoms with E-state index in [1.807, 2.05) is 61.5 Å². The first-order valence-electron chi connectivity index (χ1n) is 6.32. The third kappa shape index (κ3) is 4.27. The summed E-state index contributed by atoms with van der Waals surface area (Å²) in [7, 11) is 0. The van der Waals surface area contributed by atoms with Crippen molar-refractivity contribution in [2.24, 2.45) is 0 Å². The lowest BCUT2D eigenvalue weighted by Gasteiger charge is -2.15. The van der Waals surface area contributed by atoms with Gasteiger partial charge in [-0.15, -0.1) is 0 Å². The summed E-state index contributed by atoms with van der Waals surface area (Å²) in [6, 6.07) is 17.8. The maximum atomic E-state index is 5.71. The maximum Gasteiger partial charge on any atom is 0.197 e.